The Balaban J connectivity index is 1.33. The minimum absolute atomic E-state index is 0.140. The number of rotatable bonds is 16. The van der Waals surface area contributed by atoms with Gasteiger partial charge >= 0.3 is 0 Å². The normalized spacial score (nSPS) is 38.5. The molecule has 256 valence electrons. The Kier molecular flexibility index (Phi) is 12.4. The molecule has 5 rings (SSSR count). The van der Waals surface area contributed by atoms with Crippen molar-refractivity contribution in [2.45, 2.75) is 103 Å². The van der Waals surface area contributed by atoms with Crippen LogP contribution in [0.25, 0.3) is 0 Å². The van der Waals surface area contributed by atoms with Crippen LogP contribution in [0.1, 0.15) is 84.1 Å². The number of benzene rings is 1. The number of nitrogens with zero attached hydrogens (tertiary/aromatic N) is 1. The summed E-state index contributed by atoms with van der Waals surface area (Å²) in [5.74, 6) is 3.69. The third-order valence-electron chi connectivity index (χ3n) is 13.3. The molecule has 0 aromatic heterocycles. The number of ether oxygens (including phenoxy) is 3. The van der Waals surface area contributed by atoms with Crippen molar-refractivity contribution < 1.29 is 14.2 Å². The van der Waals surface area contributed by atoms with Crippen LogP contribution < -0.4 is 17.2 Å². The van der Waals surface area contributed by atoms with Gasteiger partial charge in [0.15, 0.2) is 0 Å². The molecule has 0 radical (unpaired) electrons. The van der Waals surface area contributed by atoms with Crippen LogP contribution in [-0.4, -0.2) is 76.3 Å². The quantitative estimate of drug-likeness (QED) is 0.224. The van der Waals surface area contributed by atoms with Gasteiger partial charge in [0.05, 0.1) is 38.1 Å². The summed E-state index contributed by atoms with van der Waals surface area (Å²) >= 11 is 0. The highest BCUT2D eigenvalue weighted by molar-refractivity contribution is 5.16. The van der Waals surface area contributed by atoms with Crippen molar-refractivity contribution in [2.24, 2.45) is 63.5 Å². The lowest BCUT2D eigenvalue weighted by Crippen LogP contribution is -2.63. The molecule has 0 saturated heterocycles. The lowest BCUT2D eigenvalue weighted by atomic mass is 9.43. The summed E-state index contributed by atoms with van der Waals surface area (Å²) in [7, 11) is 2.26. The maximum absolute atomic E-state index is 6.87. The fraction of sp³-hybridized carbons (Fsp3) is 0.842. The van der Waals surface area contributed by atoms with Crippen LogP contribution in [0.5, 0.6) is 0 Å². The summed E-state index contributed by atoms with van der Waals surface area (Å²) in [5, 5.41) is 0. The lowest BCUT2D eigenvalue weighted by Gasteiger charge is -2.64. The maximum atomic E-state index is 6.87. The fourth-order valence-corrected chi connectivity index (χ4v) is 11.2. The van der Waals surface area contributed by atoms with E-state index < -0.39 is 0 Å². The zero-order valence-corrected chi connectivity index (χ0v) is 29.0. The van der Waals surface area contributed by atoms with E-state index in [1.165, 1.54) is 37.7 Å². The van der Waals surface area contributed by atoms with Gasteiger partial charge in [-0.15, -0.1) is 0 Å². The molecule has 0 aliphatic heterocycles. The van der Waals surface area contributed by atoms with Gasteiger partial charge < -0.3 is 36.3 Å². The first-order chi connectivity index (χ1) is 21.8. The van der Waals surface area contributed by atoms with E-state index in [0.29, 0.717) is 81.1 Å². The van der Waals surface area contributed by atoms with Gasteiger partial charge in [-0.25, -0.2) is 0 Å². The van der Waals surface area contributed by atoms with Gasteiger partial charge in [0.2, 0.25) is 0 Å². The van der Waals surface area contributed by atoms with Crippen LogP contribution in [0, 0.1) is 46.3 Å². The van der Waals surface area contributed by atoms with E-state index in [0.717, 1.165) is 38.8 Å². The van der Waals surface area contributed by atoms with Crippen molar-refractivity contribution in [1.82, 2.24) is 4.90 Å². The van der Waals surface area contributed by atoms with Gasteiger partial charge in [-0.3, -0.25) is 0 Å². The Morgan fingerprint density at radius 3 is 2.31 bits per heavy atom. The molecule has 7 nitrogen and oxygen atoms in total. The first kappa shape index (κ1) is 35.3. The summed E-state index contributed by atoms with van der Waals surface area (Å²) in [5.41, 5.74) is 19.7. The summed E-state index contributed by atoms with van der Waals surface area (Å²) in [6.07, 6.45) is 11.7. The van der Waals surface area contributed by atoms with E-state index in [2.05, 4.69) is 63.1 Å². The largest absolute Gasteiger partial charge is 0.377 e. The zero-order valence-electron chi connectivity index (χ0n) is 29.0. The van der Waals surface area contributed by atoms with Gasteiger partial charge in [0, 0.05) is 31.6 Å². The molecule has 4 aliphatic carbocycles. The molecule has 4 fully saturated rings. The Labute approximate surface area is 274 Å². The van der Waals surface area contributed by atoms with E-state index in [9.17, 15) is 0 Å². The molecule has 8 unspecified atom stereocenters. The molecule has 0 bridgehead atoms. The van der Waals surface area contributed by atoms with Crippen LogP contribution >= 0.6 is 0 Å². The van der Waals surface area contributed by atoms with Crippen molar-refractivity contribution in [3.8, 4) is 0 Å². The summed E-state index contributed by atoms with van der Waals surface area (Å²) in [4.78, 5) is 2.48. The fourth-order valence-electron chi connectivity index (χ4n) is 11.2. The first-order valence-electron chi connectivity index (χ1n) is 18.4. The van der Waals surface area contributed by atoms with Crippen molar-refractivity contribution in [1.29, 1.82) is 0 Å². The Hall–Kier alpha value is -1.06. The lowest BCUT2D eigenvalue weighted by molar-refractivity contribution is -0.226. The third-order valence-corrected chi connectivity index (χ3v) is 13.3. The van der Waals surface area contributed by atoms with Gasteiger partial charge in [-0.1, -0.05) is 51.1 Å². The minimum Gasteiger partial charge on any atom is -0.377 e. The molecule has 0 heterocycles. The highest BCUT2D eigenvalue weighted by Gasteiger charge is 2.66. The van der Waals surface area contributed by atoms with Gasteiger partial charge in [-0.05, 0) is 118 Å². The van der Waals surface area contributed by atoms with Crippen LogP contribution in [0.2, 0.25) is 0 Å². The molecule has 1 aromatic carbocycles. The average Bonchev–Trinajstić information content (AvgIpc) is 3.40. The van der Waals surface area contributed by atoms with Gasteiger partial charge in [-0.2, -0.15) is 0 Å². The van der Waals surface area contributed by atoms with Crippen LogP contribution in [0.4, 0.5) is 0 Å². The van der Waals surface area contributed by atoms with E-state index in [1.54, 1.807) is 0 Å². The van der Waals surface area contributed by atoms with Crippen molar-refractivity contribution >= 4 is 0 Å². The summed E-state index contributed by atoms with van der Waals surface area (Å²) in [6, 6.07) is 10.8. The van der Waals surface area contributed by atoms with Crippen molar-refractivity contribution in [2.75, 3.05) is 53.0 Å². The molecule has 45 heavy (non-hydrogen) atoms. The average molecular weight is 627 g/mol. The molecule has 11 atom stereocenters. The molecule has 0 amide bonds. The predicted molar refractivity (Wildman–Crippen MR) is 184 cm³/mol. The predicted octanol–water partition coefficient (Wildman–Crippen LogP) is 5.45. The monoisotopic (exact) mass is 627 g/mol. The molecule has 0 spiro atoms. The Morgan fingerprint density at radius 2 is 1.58 bits per heavy atom. The number of hydrogen-bond acceptors (Lipinski definition) is 7. The van der Waals surface area contributed by atoms with E-state index in [-0.39, 0.29) is 23.0 Å². The molecular weight excluding hydrogens is 560 g/mol. The molecule has 6 N–H and O–H groups in total. The standard InChI is InChI=1S/C38H66N4O3/c1-27(9-8-19-42(4)26-28-10-6-5-7-11-28)31-12-13-32-36-33(25-35(38(31,32)3)45-22-18-41)37(2)15-14-30(43-20-16-39)23-29(37)24-34(36)44-21-17-40/h5-7,10-11,27,29-36H,8-9,12-26,39-41H2,1-4H3/t27?,29?,30?,31-,32?,33?,34?,35?,36?,37+,38-/m1/s1. The van der Waals surface area contributed by atoms with Gasteiger partial charge in [0.25, 0.3) is 0 Å². The highest BCUT2D eigenvalue weighted by Crippen LogP contribution is 2.69. The number of nitrogens with two attached hydrogens (primary N) is 3. The second kappa shape index (κ2) is 15.9. The summed E-state index contributed by atoms with van der Waals surface area (Å²) in [6.45, 7) is 13.6. The van der Waals surface area contributed by atoms with E-state index >= 15 is 0 Å². The Morgan fingerprint density at radius 1 is 0.867 bits per heavy atom. The molecule has 1 aromatic rings. The second-order valence-corrected chi connectivity index (χ2v) is 15.8. The minimum atomic E-state index is 0.140. The maximum Gasteiger partial charge on any atom is 0.0637 e. The Bertz CT molecular complexity index is 1030. The first-order valence-corrected chi connectivity index (χ1v) is 18.4. The zero-order chi connectivity index (χ0) is 32.0. The third kappa shape index (κ3) is 7.50. The van der Waals surface area contributed by atoms with Crippen LogP contribution in [0.15, 0.2) is 30.3 Å². The smallest absolute Gasteiger partial charge is 0.0637 e. The SMILES string of the molecule is CC(CCCN(C)Cc1ccccc1)[C@H]1CCC2C3C(OCCN)CC4CC(OCCN)CC[C@]4(C)C3CC(OCCN)[C@@]21C. The highest BCUT2D eigenvalue weighted by atomic mass is 16.5. The van der Waals surface area contributed by atoms with Crippen molar-refractivity contribution in [3.05, 3.63) is 35.9 Å². The van der Waals surface area contributed by atoms with Crippen molar-refractivity contribution in [3.63, 3.8) is 0 Å². The second-order valence-electron chi connectivity index (χ2n) is 15.8. The number of hydrogen-bond donors (Lipinski definition) is 3. The van der Waals surface area contributed by atoms with E-state index in [4.69, 9.17) is 31.4 Å². The molecular formula is C38H66N4O3. The molecule has 4 aliphatic rings. The van der Waals surface area contributed by atoms with Gasteiger partial charge in [0.1, 0.15) is 0 Å². The topological polar surface area (TPSA) is 109 Å². The summed E-state index contributed by atoms with van der Waals surface area (Å²) < 4.78 is 19.9. The molecule has 7 heteroatoms. The molecule has 4 saturated carbocycles. The van der Waals surface area contributed by atoms with Crippen LogP contribution in [0.3, 0.4) is 0 Å². The van der Waals surface area contributed by atoms with Crippen LogP contribution in [-0.2, 0) is 20.8 Å². The number of fused-ring (bicyclic) bond motifs is 5. The van der Waals surface area contributed by atoms with E-state index in [1.807, 2.05) is 0 Å².